The van der Waals surface area contributed by atoms with Crippen LogP contribution in [-0.2, 0) is 9.59 Å². The molecule has 5 rings (SSSR count). The van der Waals surface area contributed by atoms with Gasteiger partial charge in [-0.3, -0.25) is 14.9 Å². The molecule has 4 heterocycles. The molecule has 1 spiro atoms. The molecular formula is C24H33FN4O2. The first kappa shape index (κ1) is 20.9. The van der Waals surface area contributed by atoms with Crippen LogP contribution in [0.4, 0.5) is 10.1 Å². The lowest BCUT2D eigenvalue weighted by atomic mass is 9.86. The number of benzene rings is 1. The van der Waals surface area contributed by atoms with Gasteiger partial charge in [-0.1, -0.05) is 6.07 Å². The van der Waals surface area contributed by atoms with Crippen LogP contribution in [0.5, 0.6) is 0 Å². The maximum absolute atomic E-state index is 15.1. The van der Waals surface area contributed by atoms with Gasteiger partial charge in [0.1, 0.15) is 5.82 Å². The number of anilines is 1. The van der Waals surface area contributed by atoms with Gasteiger partial charge in [0.2, 0.25) is 11.8 Å². The molecule has 1 aromatic rings. The van der Waals surface area contributed by atoms with Crippen LogP contribution in [0.1, 0.15) is 50.0 Å². The summed E-state index contributed by atoms with van der Waals surface area (Å²) in [5.41, 5.74) is 1.58. The second kappa shape index (κ2) is 8.51. The fourth-order valence-electron chi connectivity index (χ4n) is 6.09. The van der Waals surface area contributed by atoms with E-state index in [1.807, 2.05) is 12.1 Å². The maximum Gasteiger partial charge on any atom is 0.234 e. The topological polar surface area (TPSA) is 64.7 Å². The van der Waals surface area contributed by atoms with Gasteiger partial charge in [0.15, 0.2) is 0 Å². The van der Waals surface area contributed by atoms with E-state index >= 15 is 4.39 Å². The van der Waals surface area contributed by atoms with Gasteiger partial charge >= 0.3 is 0 Å². The van der Waals surface area contributed by atoms with Crippen molar-refractivity contribution in [2.45, 2.75) is 44.4 Å². The minimum atomic E-state index is -0.440. The molecule has 168 valence electrons. The zero-order valence-corrected chi connectivity index (χ0v) is 18.2. The Labute approximate surface area is 183 Å². The molecule has 0 bridgehead atoms. The number of likely N-dealkylation sites (tertiary alicyclic amines) is 1. The first-order valence-corrected chi connectivity index (χ1v) is 11.8. The number of halogens is 1. The van der Waals surface area contributed by atoms with Crippen LogP contribution in [0.3, 0.4) is 0 Å². The van der Waals surface area contributed by atoms with Gasteiger partial charge in [-0.15, -0.1) is 0 Å². The smallest absolute Gasteiger partial charge is 0.234 e. The fraction of sp³-hybridized carbons (Fsp3) is 0.667. The van der Waals surface area contributed by atoms with Gasteiger partial charge in [0.25, 0.3) is 0 Å². The van der Waals surface area contributed by atoms with E-state index in [0.717, 1.165) is 51.6 Å². The molecule has 0 aliphatic carbocycles. The molecule has 4 fully saturated rings. The lowest BCUT2D eigenvalue weighted by Gasteiger charge is -2.29. The molecule has 2 amide bonds. The molecule has 0 radical (unpaired) electrons. The Balaban J connectivity index is 1.22. The molecule has 2 unspecified atom stereocenters. The highest BCUT2D eigenvalue weighted by molar-refractivity contribution is 6.00. The Morgan fingerprint density at radius 2 is 1.87 bits per heavy atom. The van der Waals surface area contributed by atoms with Crippen molar-refractivity contribution in [3.8, 4) is 0 Å². The van der Waals surface area contributed by atoms with Crippen molar-refractivity contribution < 1.29 is 14.0 Å². The Kier molecular flexibility index (Phi) is 5.73. The summed E-state index contributed by atoms with van der Waals surface area (Å²) in [5, 5.41) is 5.81. The quantitative estimate of drug-likeness (QED) is 0.721. The average Bonchev–Trinajstić information content (AvgIpc) is 3.35. The number of rotatable bonds is 4. The Hall–Kier alpha value is -1.99. The number of carbonyl (C=O) groups is 2. The number of nitrogens with one attached hydrogen (secondary N) is 2. The van der Waals surface area contributed by atoms with Crippen molar-refractivity contribution in [3.63, 3.8) is 0 Å². The number of carbonyl (C=O) groups excluding carboxylic acids is 2. The van der Waals surface area contributed by atoms with E-state index in [-0.39, 0.29) is 23.0 Å². The van der Waals surface area contributed by atoms with Crippen LogP contribution in [0.25, 0.3) is 0 Å². The lowest BCUT2D eigenvalue weighted by Crippen LogP contribution is -2.39. The number of piperidine rings is 2. The van der Waals surface area contributed by atoms with Gasteiger partial charge in [-0.25, -0.2) is 4.39 Å². The van der Waals surface area contributed by atoms with Gasteiger partial charge < -0.3 is 15.1 Å². The van der Waals surface area contributed by atoms with Crippen molar-refractivity contribution in [1.82, 2.24) is 15.5 Å². The average molecular weight is 429 g/mol. The predicted octanol–water partition coefficient (Wildman–Crippen LogP) is 2.25. The molecule has 7 heteroatoms. The largest absolute Gasteiger partial charge is 0.369 e. The SMILES string of the molecule is O=C1CCC(c2ccc(N3CCC4(CCN(CC5CCNCC5)C4)C3)c(F)c2)C(=O)N1. The highest BCUT2D eigenvalue weighted by Gasteiger charge is 2.44. The lowest BCUT2D eigenvalue weighted by molar-refractivity contribution is -0.134. The summed E-state index contributed by atoms with van der Waals surface area (Å²) in [7, 11) is 0. The number of nitrogens with zero attached hydrogens (tertiary/aromatic N) is 2. The van der Waals surface area contributed by atoms with E-state index in [1.54, 1.807) is 0 Å². The third kappa shape index (κ3) is 4.35. The Morgan fingerprint density at radius 3 is 2.65 bits per heavy atom. The summed E-state index contributed by atoms with van der Waals surface area (Å²) in [6, 6.07) is 5.19. The Bertz CT molecular complexity index is 856. The predicted molar refractivity (Wildman–Crippen MR) is 117 cm³/mol. The molecule has 4 aliphatic heterocycles. The molecule has 0 aromatic heterocycles. The number of amides is 2. The second-order valence-corrected chi connectivity index (χ2v) is 10.1. The summed E-state index contributed by atoms with van der Waals surface area (Å²) in [5.74, 6) is -0.450. The van der Waals surface area contributed by atoms with E-state index < -0.39 is 5.92 Å². The van der Waals surface area contributed by atoms with Crippen LogP contribution >= 0.6 is 0 Å². The summed E-state index contributed by atoms with van der Waals surface area (Å²) in [6.07, 6.45) is 5.63. The van der Waals surface area contributed by atoms with Gasteiger partial charge in [-0.2, -0.15) is 0 Å². The molecule has 2 N–H and O–H groups in total. The zero-order chi connectivity index (χ0) is 21.4. The molecule has 1 aromatic carbocycles. The van der Waals surface area contributed by atoms with Crippen molar-refractivity contribution in [2.24, 2.45) is 11.3 Å². The van der Waals surface area contributed by atoms with E-state index in [4.69, 9.17) is 0 Å². The van der Waals surface area contributed by atoms with Crippen LogP contribution in [0.2, 0.25) is 0 Å². The molecule has 0 saturated carbocycles. The highest BCUT2D eigenvalue weighted by atomic mass is 19.1. The molecule has 31 heavy (non-hydrogen) atoms. The van der Waals surface area contributed by atoms with Crippen LogP contribution in [0.15, 0.2) is 18.2 Å². The monoisotopic (exact) mass is 428 g/mol. The van der Waals surface area contributed by atoms with Crippen LogP contribution in [0, 0.1) is 17.2 Å². The fourth-order valence-corrected chi connectivity index (χ4v) is 6.09. The summed E-state index contributed by atoms with van der Waals surface area (Å²) in [6.45, 7) is 7.58. The number of imide groups is 1. The van der Waals surface area contributed by atoms with E-state index in [2.05, 4.69) is 20.4 Å². The zero-order valence-electron chi connectivity index (χ0n) is 18.2. The highest BCUT2D eigenvalue weighted by Crippen LogP contribution is 2.42. The molecule has 4 aliphatic rings. The molecule has 2 atom stereocenters. The van der Waals surface area contributed by atoms with Crippen molar-refractivity contribution >= 4 is 17.5 Å². The first-order chi connectivity index (χ1) is 15.0. The summed E-state index contributed by atoms with van der Waals surface area (Å²) >= 11 is 0. The van der Waals surface area contributed by atoms with Gasteiger partial charge in [0.05, 0.1) is 11.6 Å². The minimum Gasteiger partial charge on any atom is -0.369 e. The maximum atomic E-state index is 15.1. The molecular weight excluding hydrogens is 395 g/mol. The summed E-state index contributed by atoms with van der Waals surface area (Å²) in [4.78, 5) is 28.3. The number of hydrogen-bond donors (Lipinski definition) is 2. The number of hydrogen-bond acceptors (Lipinski definition) is 5. The first-order valence-electron chi connectivity index (χ1n) is 11.8. The van der Waals surface area contributed by atoms with Crippen molar-refractivity contribution in [3.05, 3.63) is 29.6 Å². The molecule has 6 nitrogen and oxygen atoms in total. The van der Waals surface area contributed by atoms with E-state index in [0.29, 0.717) is 24.1 Å². The van der Waals surface area contributed by atoms with E-state index in [1.165, 1.54) is 31.9 Å². The third-order valence-corrected chi connectivity index (χ3v) is 7.88. The van der Waals surface area contributed by atoms with E-state index in [9.17, 15) is 9.59 Å². The Morgan fingerprint density at radius 1 is 1.06 bits per heavy atom. The van der Waals surface area contributed by atoms with Crippen molar-refractivity contribution in [1.29, 1.82) is 0 Å². The van der Waals surface area contributed by atoms with Crippen LogP contribution in [-0.4, -0.2) is 62.5 Å². The normalized spacial score (nSPS) is 30.4. The minimum absolute atomic E-state index is 0.244. The third-order valence-electron chi connectivity index (χ3n) is 7.88. The van der Waals surface area contributed by atoms with Crippen molar-refractivity contribution in [2.75, 3.05) is 50.7 Å². The second-order valence-electron chi connectivity index (χ2n) is 10.1. The molecule has 4 saturated heterocycles. The van der Waals surface area contributed by atoms with Gasteiger partial charge in [0, 0.05) is 38.0 Å². The standard InChI is InChI=1S/C24H33FN4O2/c25-20-13-18(19-2-4-22(30)27-23(19)31)1-3-21(20)29-12-8-24(16-29)7-11-28(15-24)14-17-5-9-26-10-6-17/h1,3,13,17,19,26H,2,4-12,14-16H2,(H,27,30,31). The summed E-state index contributed by atoms with van der Waals surface area (Å²) < 4.78 is 15.1. The van der Waals surface area contributed by atoms with Crippen LogP contribution < -0.4 is 15.5 Å². The van der Waals surface area contributed by atoms with Gasteiger partial charge in [-0.05, 0) is 75.4 Å².